The first-order chi connectivity index (χ1) is 12.1. The van der Waals surface area contributed by atoms with Crippen LogP contribution in [0.15, 0.2) is 18.2 Å². The van der Waals surface area contributed by atoms with E-state index in [0.717, 1.165) is 0 Å². The Labute approximate surface area is 152 Å². The van der Waals surface area contributed by atoms with Crippen LogP contribution in [0.25, 0.3) is 0 Å². The first kappa shape index (κ1) is 20.2. The number of ether oxygens (including phenoxy) is 2. The molecule has 7 nitrogen and oxygen atoms in total. The molecule has 0 unspecified atom stereocenters. The van der Waals surface area contributed by atoms with Crippen molar-refractivity contribution in [3.05, 3.63) is 29.6 Å². The lowest BCUT2D eigenvalue weighted by molar-refractivity contribution is -0.158. The Hall–Kier alpha value is -2.16. The molecule has 1 aromatic carbocycles. The van der Waals surface area contributed by atoms with Crippen LogP contribution in [0.3, 0.4) is 0 Å². The fourth-order valence-electron chi connectivity index (χ4n) is 2.82. The average Bonchev–Trinajstić information content (AvgIpc) is 2.93. The van der Waals surface area contributed by atoms with Crippen LogP contribution in [0.5, 0.6) is 5.75 Å². The second-order valence-corrected chi connectivity index (χ2v) is 8.51. The van der Waals surface area contributed by atoms with Crippen molar-refractivity contribution < 1.29 is 31.9 Å². The van der Waals surface area contributed by atoms with Gasteiger partial charge in [-0.05, 0) is 31.0 Å². The molecule has 1 fully saturated rings. The van der Waals surface area contributed by atoms with Crippen LogP contribution in [-0.4, -0.2) is 63.0 Å². The van der Waals surface area contributed by atoms with Gasteiger partial charge in [0.1, 0.15) is 0 Å². The van der Waals surface area contributed by atoms with Gasteiger partial charge < -0.3 is 14.4 Å². The smallest absolute Gasteiger partial charge is 0.311 e. The van der Waals surface area contributed by atoms with Crippen LogP contribution in [0, 0.1) is 5.82 Å². The molecule has 0 bridgehead atoms. The molecule has 144 valence electrons. The number of hydrogen-bond donors (Lipinski definition) is 0. The number of benzene rings is 1. The molecule has 1 saturated heterocycles. The maximum Gasteiger partial charge on any atom is 0.311 e. The molecule has 1 aliphatic heterocycles. The highest BCUT2D eigenvalue weighted by Crippen LogP contribution is 2.19. The van der Waals surface area contributed by atoms with Gasteiger partial charge in [-0.3, -0.25) is 9.59 Å². The Bertz CT molecular complexity index is 794. The predicted octanol–water partition coefficient (Wildman–Crippen LogP) is 0.954. The highest BCUT2D eigenvalue weighted by molar-refractivity contribution is 7.91. The standard InChI is InChI=1S/C17H22FNO6S/c1-11(17(21)19(2)13-6-7-26(22,23)10-13)25-16(20)9-12-4-5-15(24-3)14(18)8-12/h4-5,8,11,13H,6-7,9-10H2,1-3H3/t11-,13-/m1/s1. The number of halogens is 1. The van der Waals surface area contributed by atoms with Gasteiger partial charge in [-0.25, -0.2) is 12.8 Å². The summed E-state index contributed by atoms with van der Waals surface area (Å²) in [5.41, 5.74) is 0.392. The largest absolute Gasteiger partial charge is 0.494 e. The third-order valence-corrected chi connectivity index (χ3v) is 6.07. The van der Waals surface area contributed by atoms with E-state index in [9.17, 15) is 22.4 Å². The number of carbonyl (C=O) groups is 2. The minimum atomic E-state index is -3.12. The zero-order valence-electron chi connectivity index (χ0n) is 14.9. The molecule has 0 N–H and O–H groups in total. The minimum absolute atomic E-state index is 0.0481. The van der Waals surface area contributed by atoms with Gasteiger partial charge in [-0.1, -0.05) is 6.07 Å². The van der Waals surface area contributed by atoms with Crippen molar-refractivity contribution in [3.8, 4) is 5.75 Å². The molecule has 26 heavy (non-hydrogen) atoms. The first-order valence-corrected chi connectivity index (χ1v) is 9.94. The van der Waals surface area contributed by atoms with Gasteiger partial charge in [-0.15, -0.1) is 0 Å². The van der Waals surface area contributed by atoms with E-state index in [1.165, 1.54) is 44.2 Å². The van der Waals surface area contributed by atoms with Crippen molar-refractivity contribution in [1.29, 1.82) is 0 Å². The van der Waals surface area contributed by atoms with Gasteiger partial charge in [0.05, 0.1) is 25.0 Å². The van der Waals surface area contributed by atoms with E-state index < -0.39 is 39.7 Å². The molecule has 0 aromatic heterocycles. The average molecular weight is 387 g/mol. The monoisotopic (exact) mass is 387 g/mol. The van der Waals surface area contributed by atoms with Gasteiger partial charge in [0.2, 0.25) is 0 Å². The third kappa shape index (κ3) is 4.94. The van der Waals surface area contributed by atoms with Gasteiger partial charge in [0, 0.05) is 13.1 Å². The molecule has 2 atom stereocenters. The highest BCUT2D eigenvalue weighted by Gasteiger charge is 2.34. The lowest BCUT2D eigenvalue weighted by Crippen LogP contribution is -2.44. The van der Waals surface area contributed by atoms with Crippen molar-refractivity contribution >= 4 is 21.7 Å². The van der Waals surface area contributed by atoms with E-state index in [0.29, 0.717) is 12.0 Å². The first-order valence-electron chi connectivity index (χ1n) is 8.12. The number of amides is 1. The Morgan fingerprint density at radius 2 is 2.08 bits per heavy atom. The summed E-state index contributed by atoms with van der Waals surface area (Å²) in [6.07, 6.45) is -0.880. The SMILES string of the molecule is COc1ccc(CC(=O)O[C@H](C)C(=O)N(C)[C@@H]2CCS(=O)(=O)C2)cc1F. The van der Waals surface area contributed by atoms with Crippen LogP contribution < -0.4 is 4.74 Å². The Kier molecular flexibility index (Phi) is 6.22. The van der Waals surface area contributed by atoms with Crippen LogP contribution in [0.4, 0.5) is 4.39 Å². The van der Waals surface area contributed by atoms with Crippen molar-refractivity contribution in [2.45, 2.75) is 31.9 Å². The van der Waals surface area contributed by atoms with E-state index in [2.05, 4.69) is 0 Å². The molecule has 0 aliphatic carbocycles. The Balaban J connectivity index is 1.91. The maximum atomic E-state index is 13.6. The van der Waals surface area contributed by atoms with Crippen LogP contribution in [0.1, 0.15) is 18.9 Å². The molecule has 0 saturated carbocycles. The van der Waals surface area contributed by atoms with Crippen molar-refractivity contribution in [1.82, 2.24) is 4.90 Å². The third-order valence-electron chi connectivity index (χ3n) is 4.32. The number of carbonyl (C=O) groups excluding carboxylic acids is 2. The van der Waals surface area contributed by atoms with Gasteiger partial charge >= 0.3 is 5.97 Å². The fourth-order valence-corrected chi connectivity index (χ4v) is 4.60. The molecule has 1 amide bonds. The van der Waals surface area contributed by atoms with Crippen LogP contribution in [0.2, 0.25) is 0 Å². The second-order valence-electron chi connectivity index (χ2n) is 6.28. The van der Waals surface area contributed by atoms with Gasteiger partial charge in [0.15, 0.2) is 27.5 Å². The van der Waals surface area contributed by atoms with E-state index in [1.54, 1.807) is 0 Å². The number of methoxy groups -OCH3 is 1. The normalized spacial score (nSPS) is 19.6. The molecule has 1 aliphatic rings. The minimum Gasteiger partial charge on any atom is -0.494 e. The molecular formula is C17H22FNO6S. The number of nitrogens with zero attached hydrogens (tertiary/aromatic N) is 1. The van der Waals surface area contributed by atoms with Crippen molar-refractivity contribution in [2.24, 2.45) is 0 Å². The highest BCUT2D eigenvalue weighted by atomic mass is 32.2. The summed E-state index contributed by atoms with van der Waals surface area (Å²) in [7, 11) is -0.285. The molecule has 0 radical (unpaired) electrons. The summed E-state index contributed by atoms with van der Waals surface area (Å²) in [6, 6.07) is 3.69. The summed E-state index contributed by atoms with van der Waals surface area (Å²) in [4.78, 5) is 25.7. The topological polar surface area (TPSA) is 90.0 Å². The number of likely N-dealkylation sites (N-methyl/N-ethyl adjacent to an activating group) is 1. The molecule has 1 aromatic rings. The number of sulfone groups is 1. The predicted molar refractivity (Wildman–Crippen MR) is 92.0 cm³/mol. The Morgan fingerprint density at radius 1 is 1.38 bits per heavy atom. The summed E-state index contributed by atoms with van der Waals surface area (Å²) in [6.45, 7) is 1.43. The van der Waals surface area contributed by atoms with E-state index in [1.807, 2.05) is 0 Å². The lowest BCUT2D eigenvalue weighted by Gasteiger charge is -2.26. The maximum absolute atomic E-state index is 13.6. The number of esters is 1. The fraction of sp³-hybridized carbons (Fsp3) is 0.529. The second kappa shape index (κ2) is 8.03. The summed E-state index contributed by atoms with van der Waals surface area (Å²) < 4.78 is 46.6. The molecule has 9 heteroatoms. The van der Waals surface area contributed by atoms with Crippen molar-refractivity contribution in [3.63, 3.8) is 0 Å². The molecule has 0 spiro atoms. The summed E-state index contributed by atoms with van der Waals surface area (Å²) >= 11 is 0. The van der Waals surface area contributed by atoms with Crippen LogP contribution in [-0.2, 0) is 30.6 Å². The zero-order chi connectivity index (χ0) is 19.5. The van der Waals surface area contributed by atoms with Gasteiger partial charge in [-0.2, -0.15) is 0 Å². The molecule has 2 rings (SSSR count). The molecular weight excluding hydrogens is 365 g/mol. The van der Waals surface area contributed by atoms with Crippen molar-refractivity contribution in [2.75, 3.05) is 25.7 Å². The van der Waals surface area contributed by atoms with E-state index in [4.69, 9.17) is 9.47 Å². The van der Waals surface area contributed by atoms with Crippen LogP contribution >= 0.6 is 0 Å². The number of rotatable bonds is 6. The van der Waals surface area contributed by atoms with E-state index >= 15 is 0 Å². The lowest BCUT2D eigenvalue weighted by atomic mass is 10.1. The summed E-state index contributed by atoms with van der Waals surface area (Å²) in [5, 5.41) is 0. The summed E-state index contributed by atoms with van der Waals surface area (Å²) in [5.74, 6) is -1.71. The van der Waals surface area contributed by atoms with E-state index in [-0.39, 0.29) is 23.7 Å². The molecule has 1 heterocycles. The quantitative estimate of drug-likeness (QED) is 0.676. The zero-order valence-corrected chi connectivity index (χ0v) is 15.7. The number of hydrogen-bond acceptors (Lipinski definition) is 6. The Morgan fingerprint density at radius 3 is 2.62 bits per heavy atom. The van der Waals surface area contributed by atoms with Gasteiger partial charge in [0.25, 0.3) is 5.91 Å².